The van der Waals surface area contributed by atoms with Gasteiger partial charge >= 0.3 is 5.69 Å². The van der Waals surface area contributed by atoms with Gasteiger partial charge in [0.2, 0.25) is 10.0 Å². The van der Waals surface area contributed by atoms with E-state index in [9.17, 15) is 18.0 Å². The lowest BCUT2D eigenvalue weighted by molar-refractivity contribution is 0.115. The molecule has 0 aliphatic carbocycles. The van der Waals surface area contributed by atoms with Crippen LogP contribution in [0.25, 0.3) is 0 Å². The monoisotopic (exact) mass is 305 g/mol. The molecular weight excluding hydrogens is 286 g/mol. The smallest absolute Gasteiger partial charge is 0.328 e. The molecule has 1 heterocycles. The highest BCUT2D eigenvalue weighted by Crippen LogP contribution is 1.99. The maximum absolute atomic E-state index is 11.5. The lowest BCUT2D eigenvalue weighted by Crippen LogP contribution is -2.35. The number of nitrogens with zero attached hydrogens (tertiary/aromatic N) is 1. The fraction of sp³-hybridized carbons (Fsp3) is 0.636. The van der Waals surface area contributed by atoms with E-state index in [1.165, 1.54) is 0 Å². The molecule has 8 nitrogen and oxygen atoms in total. The van der Waals surface area contributed by atoms with E-state index >= 15 is 0 Å². The number of H-pyrrole nitrogens is 1. The van der Waals surface area contributed by atoms with E-state index in [2.05, 4.69) is 13.8 Å². The maximum atomic E-state index is 11.5. The molecule has 0 unspecified atom stereocenters. The fourth-order valence-corrected chi connectivity index (χ4v) is 2.03. The third-order valence-electron chi connectivity index (χ3n) is 2.60. The van der Waals surface area contributed by atoms with Crippen LogP contribution in [-0.4, -0.2) is 31.2 Å². The number of sulfonamides is 1. The minimum absolute atomic E-state index is 0.135. The summed E-state index contributed by atoms with van der Waals surface area (Å²) in [4.78, 5) is 24.1. The van der Waals surface area contributed by atoms with Gasteiger partial charge in [-0.3, -0.25) is 14.3 Å². The predicted molar refractivity (Wildman–Crippen MR) is 73.0 cm³/mol. The summed E-state index contributed by atoms with van der Waals surface area (Å²) in [6.07, 6.45) is 1.82. The zero-order valence-corrected chi connectivity index (χ0v) is 12.3. The van der Waals surface area contributed by atoms with Crippen LogP contribution < -0.4 is 16.4 Å². The highest BCUT2D eigenvalue weighted by Gasteiger charge is 2.15. The van der Waals surface area contributed by atoms with E-state index in [0.717, 1.165) is 17.2 Å². The zero-order chi connectivity index (χ0) is 15.3. The average Bonchev–Trinajstić information content (AvgIpc) is 2.29. The van der Waals surface area contributed by atoms with Crippen molar-refractivity contribution in [3.8, 4) is 0 Å². The Morgan fingerprint density at radius 1 is 1.35 bits per heavy atom. The van der Waals surface area contributed by atoms with Gasteiger partial charge in [0.25, 0.3) is 5.56 Å². The van der Waals surface area contributed by atoms with Gasteiger partial charge in [0.05, 0.1) is 13.2 Å². The van der Waals surface area contributed by atoms with Crippen LogP contribution in [0.1, 0.15) is 20.3 Å². The molecule has 0 radical (unpaired) electrons. The number of aromatic nitrogens is 2. The molecule has 1 rings (SSSR count). The minimum atomic E-state index is -4.16. The molecule has 1 aromatic heterocycles. The Morgan fingerprint density at radius 2 is 2.00 bits per heavy atom. The second-order valence-corrected chi connectivity index (χ2v) is 6.32. The van der Waals surface area contributed by atoms with Crippen molar-refractivity contribution in [3.63, 3.8) is 0 Å². The maximum Gasteiger partial charge on any atom is 0.328 e. The Balaban J connectivity index is 2.77. The number of nitrogens with one attached hydrogen (secondary N) is 1. The third-order valence-corrected chi connectivity index (χ3v) is 3.50. The standard InChI is InChI=1S/C11H19N3O5S/c1-8(2)3-5-19-6-4-14-7-9(20(12,17)18)10(15)13-11(14)16/h7-8H,3-6H2,1-2H3,(H2,12,17,18)(H,13,15,16). The molecular formula is C11H19N3O5S. The van der Waals surface area contributed by atoms with Gasteiger partial charge in [-0.2, -0.15) is 0 Å². The summed E-state index contributed by atoms with van der Waals surface area (Å²) in [5.41, 5.74) is -1.72. The summed E-state index contributed by atoms with van der Waals surface area (Å²) in [5.74, 6) is 0.514. The molecule has 3 N–H and O–H groups in total. The van der Waals surface area contributed by atoms with Gasteiger partial charge in [-0.15, -0.1) is 0 Å². The van der Waals surface area contributed by atoms with E-state index in [1.54, 1.807) is 0 Å². The highest BCUT2D eigenvalue weighted by atomic mass is 32.2. The Bertz CT molecular complexity index is 659. The molecule has 20 heavy (non-hydrogen) atoms. The van der Waals surface area contributed by atoms with Crippen LogP contribution in [-0.2, 0) is 21.3 Å². The lowest BCUT2D eigenvalue weighted by Gasteiger charge is -2.08. The summed E-state index contributed by atoms with van der Waals surface area (Å²) < 4.78 is 28.7. The van der Waals surface area contributed by atoms with E-state index in [4.69, 9.17) is 9.88 Å². The number of primary sulfonamides is 1. The van der Waals surface area contributed by atoms with Crippen molar-refractivity contribution in [3.05, 3.63) is 27.0 Å². The largest absolute Gasteiger partial charge is 0.380 e. The Kier molecular flexibility index (Phi) is 5.66. The SMILES string of the molecule is CC(C)CCOCCn1cc(S(N)(=O)=O)c(=O)[nH]c1=O. The number of nitrogens with two attached hydrogens (primary N) is 1. The van der Waals surface area contributed by atoms with Crippen LogP contribution in [0.2, 0.25) is 0 Å². The molecule has 0 fully saturated rings. The molecule has 1 aromatic rings. The second-order valence-electron chi connectivity index (χ2n) is 4.79. The fourth-order valence-electron chi connectivity index (χ4n) is 1.44. The average molecular weight is 305 g/mol. The Morgan fingerprint density at radius 3 is 2.55 bits per heavy atom. The van der Waals surface area contributed by atoms with Gasteiger partial charge in [-0.25, -0.2) is 18.4 Å². The molecule has 0 aliphatic rings. The van der Waals surface area contributed by atoms with Gasteiger partial charge in [-0.05, 0) is 12.3 Å². The molecule has 9 heteroatoms. The van der Waals surface area contributed by atoms with Crippen molar-refractivity contribution in [2.45, 2.75) is 31.7 Å². The van der Waals surface area contributed by atoms with Gasteiger partial charge < -0.3 is 4.74 Å². The van der Waals surface area contributed by atoms with E-state index in [1.807, 2.05) is 4.98 Å². The third kappa shape index (κ3) is 4.91. The number of aromatic amines is 1. The first-order valence-corrected chi connectivity index (χ1v) is 7.70. The van der Waals surface area contributed by atoms with Crippen molar-refractivity contribution in [2.24, 2.45) is 11.1 Å². The number of ether oxygens (including phenoxy) is 1. The molecule has 0 saturated heterocycles. The summed E-state index contributed by atoms with van der Waals surface area (Å²) in [6, 6.07) is 0. The summed E-state index contributed by atoms with van der Waals surface area (Å²) in [6.45, 7) is 5.05. The molecule has 0 amide bonds. The van der Waals surface area contributed by atoms with Crippen LogP contribution >= 0.6 is 0 Å². The summed E-state index contributed by atoms with van der Waals surface area (Å²) in [7, 11) is -4.16. The zero-order valence-electron chi connectivity index (χ0n) is 11.5. The quantitative estimate of drug-likeness (QED) is 0.641. The second kappa shape index (κ2) is 6.82. The molecule has 114 valence electrons. The van der Waals surface area contributed by atoms with Crippen LogP contribution in [0.15, 0.2) is 20.7 Å². The number of hydrogen-bond donors (Lipinski definition) is 2. The van der Waals surface area contributed by atoms with Crippen LogP contribution in [0, 0.1) is 5.92 Å². The molecule has 0 spiro atoms. The minimum Gasteiger partial charge on any atom is -0.380 e. The number of hydrogen-bond acceptors (Lipinski definition) is 5. The molecule has 0 aliphatic heterocycles. The number of rotatable bonds is 7. The molecule has 0 atom stereocenters. The first kappa shape index (κ1) is 16.6. The van der Waals surface area contributed by atoms with E-state index in [0.29, 0.717) is 12.5 Å². The predicted octanol–water partition coefficient (Wildman–Crippen LogP) is -0.753. The van der Waals surface area contributed by atoms with Gasteiger partial charge in [0.15, 0.2) is 4.90 Å². The van der Waals surface area contributed by atoms with Crippen molar-refractivity contribution >= 4 is 10.0 Å². The van der Waals surface area contributed by atoms with Gasteiger partial charge in [0, 0.05) is 12.8 Å². The molecule has 0 aromatic carbocycles. The van der Waals surface area contributed by atoms with Gasteiger partial charge in [0.1, 0.15) is 0 Å². The molecule has 0 bridgehead atoms. The van der Waals surface area contributed by atoms with E-state index < -0.39 is 26.2 Å². The van der Waals surface area contributed by atoms with Crippen LogP contribution in [0.3, 0.4) is 0 Å². The first-order chi connectivity index (χ1) is 9.21. The van der Waals surface area contributed by atoms with Crippen molar-refractivity contribution in [1.29, 1.82) is 0 Å². The van der Waals surface area contributed by atoms with Crippen molar-refractivity contribution in [2.75, 3.05) is 13.2 Å². The van der Waals surface area contributed by atoms with Gasteiger partial charge in [-0.1, -0.05) is 13.8 Å². The lowest BCUT2D eigenvalue weighted by atomic mass is 10.1. The highest BCUT2D eigenvalue weighted by molar-refractivity contribution is 7.89. The normalized spacial score (nSPS) is 12.0. The Labute approximate surface area is 116 Å². The topological polar surface area (TPSA) is 124 Å². The first-order valence-electron chi connectivity index (χ1n) is 6.16. The molecule has 0 saturated carbocycles. The van der Waals surface area contributed by atoms with E-state index in [-0.39, 0.29) is 13.2 Å². The summed E-state index contributed by atoms with van der Waals surface area (Å²) >= 11 is 0. The van der Waals surface area contributed by atoms with Crippen molar-refractivity contribution in [1.82, 2.24) is 9.55 Å². The van der Waals surface area contributed by atoms with Crippen LogP contribution in [0.4, 0.5) is 0 Å². The van der Waals surface area contributed by atoms with Crippen molar-refractivity contribution < 1.29 is 13.2 Å². The van der Waals surface area contributed by atoms with Crippen LogP contribution in [0.5, 0.6) is 0 Å². The Hall–Kier alpha value is -1.45. The summed E-state index contributed by atoms with van der Waals surface area (Å²) in [5, 5.41) is 4.89.